The largest absolute Gasteiger partial charge is 0.340 e. The molecule has 1 aliphatic heterocycles. The van der Waals surface area contributed by atoms with E-state index in [1.54, 1.807) is 5.38 Å². The smallest absolute Gasteiger partial charge is 0.253 e. The third-order valence-corrected chi connectivity index (χ3v) is 4.23. The van der Waals surface area contributed by atoms with Crippen molar-refractivity contribution in [3.8, 4) is 0 Å². The van der Waals surface area contributed by atoms with Crippen molar-refractivity contribution in [3.63, 3.8) is 0 Å². The SMILES string of the molecule is O=C1CC[C@@H](NC(=O)c2csc3ccccc23)C(=O)N1. The normalized spacial score (nSPS) is 18.9. The fourth-order valence-corrected chi connectivity index (χ4v) is 3.16. The van der Waals surface area contributed by atoms with E-state index in [9.17, 15) is 14.4 Å². The first-order valence-corrected chi connectivity index (χ1v) is 7.14. The number of hydrogen-bond acceptors (Lipinski definition) is 4. The topological polar surface area (TPSA) is 75.3 Å². The van der Waals surface area contributed by atoms with Gasteiger partial charge >= 0.3 is 0 Å². The van der Waals surface area contributed by atoms with Crippen LogP contribution in [-0.4, -0.2) is 23.8 Å². The van der Waals surface area contributed by atoms with Crippen LogP contribution >= 0.6 is 11.3 Å². The number of thiophene rings is 1. The Labute approximate surface area is 119 Å². The Morgan fingerprint density at radius 2 is 2.10 bits per heavy atom. The Bertz CT molecular complexity index is 707. The maximum atomic E-state index is 12.2. The minimum atomic E-state index is -0.640. The molecule has 1 aliphatic rings. The predicted octanol–water partition coefficient (Wildman–Crippen LogP) is 1.44. The van der Waals surface area contributed by atoms with Gasteiger partial charge in [-0.1, -0.05) is 18.2 Å². The van der Waals surface area contributed by atoms with E-state index in [1.807, 2.05) is 24.3 Å². The molecule has 6 heteroatoms. The zero-order valence-corrected chi connectivity index (χ0v) is 11.3. The quantitative estimate of drug-likeness (QED) is 0.821. The molecular weight excluding hydrogens is 276 g/mol. The van der Waals surface area contributed by atoms with Gasteiger partial charge in [-0.05, 0) is 12.5 Å². The molecule has 2 aromatic rings. The molecule has 20 heavy (non-hydrogen) atoms. The number of fused-ring (bicyclic) bond motifs is 1. The van der Waals surface area contributed by atoms with E-state index in [1.165, 1.54) is 11.3 Å². The third-order valence-electron chi connectivity index (χ3n) is 3.27. The first-order valence-electron chi connectivity index (χ1n) is 6.26. The summed E-state index contributed by atoms with van der Waals surface area (Å²) in [5.41, 5.74) is 0.565. The molecule has 102 valence electrons. The molecule has 3 amide bonds. The number of carbonyl (C=O) groups excluding carboxylic acids is 3. The summed E-state index contributed by atoms with van der Waals surface area (Å²) >= 11 is 1.49. The van der Waals surface area contributed by atoms with Crippen molar-refractivity contribution >= 4 is 39.1 Å². The van der Waals surface area contributed by atoms with E-state index < -0.39 is 11.9 Å². The van der Waals surface area contributed by atoms with Crippen LogP contribution in [0.2, 0.25) is 0 Å². The zero-order valence-electron chi connectivity index (χ0n) is 10.5. The Kier molecular flexibility index (Phi) is 3.23. The first kappa shape index (κ1) is 12.8. The number of piperidine rings is 1. The summed E-state index contributed by atoms with van der Waals surface area (Å²) in [5.74, 6) is -1.01. The fraction of sp³-hybridized carbons (Fsp3) is 0.214. The molecule has 0 radical (unpaired) electrons. The summed E-state index contributed by atoms with van der Waals surface area (Å²) in [7, 11) is 0. The van der Waals surface area contributed by atoms with Crippen LogP contribution in [0.15, 0.2) is 29.6 Å². The van der Waals surface area contributed by atoms with Crippen molar-refractivity contribution in [1.29, 1.82) is 0 Å². The number of rotatable bonds is 2. The molecule has 5 nitrogen and oxygen atoms in total. The lowest BCUT2D eigenvalue weighted by Crippen LogP contribution is -2.52. The van der Waals surface area contributed by atoms with Crippen molar-refractivity contribution in [2.45, 2.75) is 18.9 Å². The molecule has 0 unspecified atom stereocenters. The van der Waals surface area contributed by atoms with Crippen LogP contribution in [0.3, 0.4) is 0 Å². The highest BCUT2D eigenvalue weighted by Crippen LogP contribution is 2.25. The van der Waals surface area contributed by atoms with Crippen LogP contribution in [0.5, 0.6) is 0 Å². The maximum Gasteiger partial charge on any atom is 0.253 e. The molecule has 1 aromatic heterocycles. The molecule has 0 saturated carbocycles. The van der Waals surface area contributed by atoms with Gasteiger partial charge in [0.05, 0.1) is 5.56 Å². The molecule has 0 aliphatic carbocycles. The highest BCUT2D eigenvalue weighted by atomic mass is 32.1. The molecule has 2 heterocycles. The standard InChI is InChI=1S/C14H12N2O3S/c17-12-6-5-10(14(19)16-12)15-13(18)9-7-20-11-4-2-1-3-8(9)11/h1-4,7,10H,5-6H2,(H,15,18)(H,16,17,19)/t10-/m1/s1. The molecule has 1 aromatic carbocycles. The molecule has 3 rings (SSSR count). The number of carbonyl (C=O) groups is 3. The second-order valence-corrected chi connectivity index (χ2v) is 5.53. The van der Waals surface area contributed by atoms with Gasteiger partial charge in [0, 0.05) is 21.9 Å². The van der Waals surface area contributed by atoms with E-state index in [-0.39, 0.29) is 18.2 Å². The van der Waals surface area contributed by atoms with Crippen LogP contribution in [0.25, 0.3) is 10.1 Å². The average molecular weight is 288 g/mol. The van der Waals surface area contributed by atoms with Gasteiger partial charge in [-0.25, -0.2) is 0 Å². The lowest BCUT2D eigenvalue weighted by molar-refractivity contribution is -0.134. The van der Waals surface area contributed by atoms with E-state index in [4.69, 9.17) is 0 Å². The van der Waals surface area contributed by atoms with Crippen LogP contribution in [0.1, 0.15) is 23.2 Å². The van der Waals surface area contributed by atoms with Gasteiger partial charge in [0.25, 0.3) is 5.91 Å². The Balaban J connectivity index is 1.80. The highest BCUT2D eigenvalue weighted by Gasteiger charge is 2.28. The lowest BCUT2D eigenvalue weighted by Gasteiger charge is -2.21. The predicted molar refractivity (Wildman–Crippen MR) is 75.5 cm³/mol. The van der Waals surface area contributed by atoms with Gasteiger partial charge in [-0.2, -0.15) is 0 Å². The molecule has 1 atom stereocenters. The maximum absolute atomic E-state index is 12.2. The summed E-state index contributed by atoms with van der Waals surface area (Å²) < 4.78 is 1.03. The van der Waals surface area contributed by atoms with Crippen LogP contribution < -0.4 is 10.6 Å². The molecular formula is C14H12N2O3S. The second kappa shape index (κ2) is 5.05. The number of amides is 3. The van der Waals surface area contributed by atoms with Crippen molar-refractivity contribution in [2.75, 3.05) is 0 Å². The summed E-state index contributed by atoms with van der Waals surface area (Å²) in [5, 5.41) is 7.58. The van der Waals surface area contributed by atoms with Gasteiger partial charge < -0.3 is 5.32 Å². The summed E-state index contributed by atoms with van der Waals surface area (Å²) in [6.07, 6.45) is 0.597. The van der Waals surface area contributed by atoms with Crippen LogP contribution in [-0.2, 0) is 9.59 Å². The molecule has 1 saturated heterocycles. The van der Waals surface area contributed by atoms with Crippen molar-refractivity contribution < 1.29 is 14.4 Å². The lowest BCUT2D eigenvalue weighted by atomic mass is 10.1. The van der Waals surface area contributed by atoms with Gasteiger partial charge in [-0.15, -0.1) is 11.3 Å². The molecule has 2 N–H and O–H groups in total. The number of benzene rings is 1. The van der Waals surface area contributed by atoms with Crippen molar-refractivity contribution in [1.82, 2.24) is 10.6 Å². The van der Waals surface area contributed by atoms with E-state index in [0.29, 0.717) is 12.0 Å². The minimum Gasteiger partial charge on any atom is -0.340 e. The zero-order chi connectivity index (χ0) is 14.1. The van der Waals surface area contributed by atoms with Crippen molar-refractivity contribution in [3.05, 3.63) is 35.2 Å². The van der Waals surface area contributed by atoms with Gasteiger partial charge in [0.15, 0.2) is 0 Å². The first-order chi connectivity index (χ1) is 9.65. The summed E-state index contributed by atoms with van der Waals surface area (Å²) in [6, 6.07) is 6.98. The minimum absolute atomic E-state index is 0.251. The van der Waals surface area contributed by atoms with E-state index >= 15 is 0 Å². The van der Waals surface area contributed by atoms with Crippen LogP contribution in [0.4, 0.5) is 0 Å². The Morgan fingerprint density at radius 1 is 1.30 bits per heavy atom. The van der Waals surface area contributed by atoms with Gasteiger partial charge in [0.1, 0.15) is 6.04 Å². The fourth-order valence-electron chi connectivity index (χ4n) is 2.22. The Morgan fingerprint density at radius 3 is 2.90 bits per heavy atom. The monoisotopic (exact) mass is 288 g/mol. The number of hydrogen-bond donors (Lipinski definition) is 2. The van der Waals surface area contributed by atoms with E-state index in [2.05, 4.69) is 10.6 Å². The molecule has 0 bridgehead atoms. The average Bonchev–Trinajstić information content (AvgIpc) is 2.86. The van der Waals surface area contributed by atoms with Crippen molar-refractivity contribution in [2.24, 2.45) is 0 Å². The van der Waals surface area contributed by atoms with Crippen LogP contribution in [0, 0.1) is 0 Å². The number of imide groups is 1. The summed E-state index contributed by atoms with van der Waals surface area (Å²) in [4.78, 5) is 34.9. The van der Waals surface area contributed by atoms with E-state index in [0.717, 1.165) is 10.1 Å². The van der Waals surface area contributed by atoms with Gasteiger partial charge in [0.2, 0.25) is 11.8 Å². The number of nitrogens with one attached hydrogen (secondary N) is 2. The molecule has 1 fully saturated rings. The van der Waals surface area contributed by atoms with Gasteiger partial charge in [-0.3, -0.25) is 19.7 Å². The summed E-state index contributed by atoms with van der Waals surface area (Å²) in [6.45, 7) is 0. The molecule has 0 spiro atoms. The Hall–Kier alpha value is -2.21. The third kappa shape index (κ3) is 2.30. The highest BCUT2D eigenvalue weighted by molar-refractivity contribution is 7.17. The second-order valence-electron chi connectivity index (χ2n) is 4.62.